The van der Waals surface area contributed by atoms with Crippen LogP contribution in [-0.2, 0) is 19.1 Å². The molecule has 18 heteroatoms. The van der Waals surface area contributed by atoms with Gasteiger partial charge in [-0.1, -0.05) is 23.7 Å². The number of ketones is 2. The maximum atomic E-state index is 11.8. The molecule has 0 unspecified atom stereocenters. The molecule has 1 aromatic carbocycles. The third-order valence-electron chi connectivity index (χ3n) is 4.59. The first-order chi connectivity index (χ1) is 20.1. The number of nitrogens with zero attached hydrogens (tertiary/aromatic N) is 2. The second-order valence-corrected chi connectivity index (χ2v) is 12.7. The van der Waals surface area contributed by atoms with Crippen molar-refractivity contribution in [1.82, 2.24) is 14.7 Å². The number of Topliss-reactive ketones (excluding diaryl/α,β-unsaturated/α-hetero) is 2. The molecule has 4 aromatic rings. The summed E-state index contributed by atoms with van der Waals surface area (Å²) in [7, 11) is 3.44. The van der Waals surface area contributed by atoms with Crippen LogP contribution in [-0.4, -0.2) is 59.7 Å². The molecule has 0 aliphatic carbocycles. The van der Waals surface area contributed by atoms with Crippen molar-refractivity contribution in [3.8, 4) is 16.3 Å². The standard InChI is InChI=1S/C15H10BrClN2O2S.C9H7BrO4S.CH4O.Ar.ClH3N2/c1-21-15(20)10-8-12(13-6-7-14(16)22-13)19(18-10)11-5-3-2-4-9(11)17;1-14-9(13)6(12)4-5(11)7-2-3-8(10)15-7;1-2;;1-3-2/h2-8H,1H3;2-3H,4H2,1H3;2H,1H3;;3H,2H2. The number of benzene rings is 1. The number of hydrazine groups is 1. The second-order valence-electron chi connectivity index (χ2n) is 7.10. The molecule has 3 aromatic heterocycles. The largest absolute Gasteiger partial charge is 0.464 e. The molecule has 0 aliphatic rings. The maximum absolute atomic E-state index is 11.8. The van der Waals surface area contributed by atoms with Gasteiger partial charge in [0.15, 0.2) is 11.5 Å². The Morgan fingerprint density at radius 2 is 1.58 bits per heavy atom. The van der Waals surface area contributed by atoms with Gasteiger partial charge in [0.1, 0.15) is 0 Å². The van der Waals surface area contributed by atoms with Gasteiger partial charge in [0.2, 0.25) is 5.78 Å². The van der Waals surface area contributed by atoms with Gasteiger partial charge in [-0.15, -0.1) is 22.7 Å². The Morgan fingerprint density at radius 1 is 1.00 bits per heavy atom. The Bertz CT molecular complexity index is 1500. The van der Waals surface area contributed by atoms with Gasteiger partial charge >= 0.3 is 11.9 Å². The number of aromatic nitrogens is 2. The average molecular weight is 827 g/mol. The van der Waals surface area contributed by atoms with Crippen molar-refractivity contribution in [2.45, 2.75) is 6.42 Å². The third kappa shape index (κ3) is 13.4. The van der Waals surface area contributed by atoms with Crippen molar-refractivity contribution < 1.29 is 71.5 Å². The zero-order valence-corrected chi connectivity index (χ0v) is 29.5. The molecule has 234 valence electrons. The summed E-state index contributed by atoms with van der Waals surface area (Å²) in [5.41, 5.74) is 1.73. The molecule has 11 nitrogen and oxygen atoms in total. The smallest absolute Gasteiger partial charge is 0.374 e. The van der Waals surface area contributed by atoms with Crippen LogP contribution in [0.15, 0.2) is 62.2 Å². The number of thiophene rings is 2. The molecule has 0 saturated heterocycles. The maximum Gasteiger partial charge on any atom is 0.374 e. The number of esters is 2. The molecule has 43 heavy (non-hydrogen) atoms. The monoisotopic (exact) mass is 824 g/mol. The van der Waals surface area contributed by atoms with Crippen molar-refractivity contribution in [2.75, 3.05) is 21.3 Å². The van der Waals surface area contributed by atoms with Crippen LogP contribution in [0.5, 0.6) is 0 Å². The van der Waals surface area contributed by atoms with E-state index in [9.17, 15) is 19.2 Å². The fourth-order valence-electron chi connectivity index (χ4n) is 2.90. The van der Waals surface area contributed by atoms with E-state index in [2.05, 4.69) is 59.3 Å². The molecular weight excluding hydrogens is 803 g/mol. The van der Waals surface area contributed by atoms with Crippen molar-refractivity contribution >= 4 is 101 Å². The minimum Gasteiger partial charge on any atom is -0.464 e. The number of ether oxygens (including phenoxy) is 2. The Labute approximate surface area is 312 Å². The molecule has 0 spiro atoms. The first-order valence-corrected chi connectivity index (χ1v) is 15.1. The van der Waals surface area contributed by atoms with E-state index >= 15 is 0 Å². The fraction of sp³-hybridized carbons (Fsp3) is 0.160. The Balaban J connectivity index is 0.000000736. The molecule has 0 aliphatic heterocycles. The van der Waals surface area contributed by atoms with Crippen molar-refractivity contribution in [2.24, 2.45) is 5.84 Å². The van der Waals surface area contributed by atoms with Gasteiger partial charge < -0.3 is 14.6 Å². The van der Waals surface area contributed by atoms with E-state index in [0.717, 1.165) is 32.4 Å². The van der Waals surface area contributed by atoms with E-state index in [1.165, 1.54) is 18.4 Å². The predicted octanol–water partition coefficient (Wildman–Crippen LogP) is 5.84. The molecule has 0 amide bonds. The zero-order valence-electron chi connectivity index (χ0n) is 22.5. The van der Waals surface area contributed by atoms with E-state index < -0.39 is 24.1 Å². The molecule has 4 N–H and O–H groups in total. The molecular formula is C25H24ArBr2Cl2N4O7S2. The number of halogens is 4. The first-order valence-electron chi connectivity index (χ1n) is 11.2. The van der Waals surface area contributed by atoms with Gasteiger partial charge in [-0.25, -0.2) is 14.3 Å². The van der Waals surface area contributed by atoms with Crippen LogP contribution in [0.3, 0.4) is 0 Å². The number of methoxy groups -OCH3 is 2. The van der Waals surface area contributed by atoms with Crippen LogP contribution in [0.1, 0.15) is 26.6 Å². The molecule has 0 atom stereocenters. The quantitative estimate of drug-likeness (QED) is 0.0393. The fourth-order valence-corrected chi connectivity index (χ4v) is 5.83. The van der Waals surface area contributed by atoms with E-state index in [1.807, 2.05) is 30.3 Å². The minimum absolute atomic E-state index is 0. The number of nitrogens with one attached hydrogen (secondary N) is 1. The molecule has 3 heterocycles. The summed E-state index contributed by atoms with van der Waals surface area (Å²) in [6.07, 6.45) is -0.445. The predicted molar refractivity (Wildman–Crippen MR) is 170 cm³/mol. The van der Waals surface area contributed by atoms with Crippen LogP contribution < -0.4 is 10.8 Å². The summed E-state index contributed by atoms with van der Waals surface area (Å²) >= 11 is 20.2. The summed E-state index contributed by atoms with van der Waals surface area (Å²) in [4.78, 5) is 48.2. The van der Waals surface area contributed by atoms with E-state index in [0.29, 0.717) is 15.6 Å². The van der Waals surface area contributed by atoms with Crippen LogP contribution in [0.25, 0.3) is 16.3 Å². The molecule has 0 saturated carbocycles. The topological polar surface area (TPSA) is 163 Å². The number of aliphatic hydroxyl groups is 1. The Kier molecular flexibility index (Phi) is 21.7. The normalized spacial score (nSPS) is 9.42. The van der Waals surface area contributed by atoms with Crippen molar-refractivity contribution in [3.63, 3.8) is 0 Å². The summed E-state index contributed by atoms with van der Waals surface area (Å²) in [6, 6.07) is 16.3. The second kappa shape index (κ2) is 22.3. The summed E-state index contributed by atoms with van der Waals surface area (Å²) in [6.45, 7) is 0. The number of rotatable bonds is 7. The molecule has 4 rings (SSSR count). The minimum atomic E-state index is -0.987. The van der Waals surface area contributed by atoms with Crippen LogP contribution >= 0.6 is 77.9 Å². The third-order valence-corrected chi connectivity index (χ3v) is 8.22. The summed E-state index contributed by atoms with van der Waals surface area (Å²) < 4.78 is 12.4. The van der Waals surface area contributed by atoms with Gasteiger partial charge in [0.05, 0.1) is 54.4 Å². The molecule has 0 radical (unpaired) electrons. The number of nitrogens with two attached hydrogens (primary N) is 1. The number of carbonyl (C=O) groups excluding carboxylic acids is 4. The van der Waals surface area contributed by atoms with Crippen LogP contribution in [0.2, 0.25) is 5.02 Å². The number of hydrogen-bond donors (Lipinski definition) is 3. The van der Waals surface area contributed by atoms with E-state index in [4.69, 9.17) is 21.4 Å². The van der Waals surface area contributed by atoms with Gasteiger partial charge in [-0.2, -0.15) is 10.0 Å². The van der Waals surface area contributed by atoms with Gasteiger partial charge in [0, 0.05) is 50.9 Å². The van der Waals surface area contributed by atoms with E-state index in [1.54, 1.807) is 45.2 Å². The Hall–Kier alpha value is -1.21. The molecule has 0 bridgehead atoms. The van der Waals surface area contributed by atoms with E-state index in [-0.39, 0.29) is 49.2 Å². The Morgan fingerprint density at radius 3 is 2.07 bits per heavy atom. The number of para-hydroxylation sites is 1. The van der Waals surface area contributed by atoms with Crippen molar-refractivity contribution in [3.05, 3.63) is 77.8 Å². The van der Waals surface area contributed by atoms with Gasteiger partial charge in [-0.05, 0) is 80.0 Å². The number of carbonyl (C=O) groups is 4. The van der Waals surface area contributed by atoms with Crippen LogP contribution in [0.4, 0.5) is 0 Å². The van der Waals surface area contributed by atoms with Gasteiger partial charge in [-0.3, -0.25) is 15.4 Å². The number of hydrogen-bond acceptors (Lipinski definition) is 12. The summed E-state index contributed by atoms with van der Waals surface area (Å²) in [5, 5.41) is 11.9. The average Bonchev–Trinajstić information content (AvgIpc) is 3.74. The first kappa shape index (κ1) is 41.8. The SMILES string of the molecule is CO.COC(=O)C(=O)CC(=O)c1ccc(Br)s1.COC(=O)c1cc(-c2ccc(Br)s2)n(-c2ccccc2Cl)n1.NNCl.[Ar]. The number of aliphatic hydroxyl groups excluding tert-OH is 1. The molecule has 0 fully saturated rings. The van der Waals surface area contributed by atoms with Crippen LogP contribution in [0, 0.1) is 37.7 Å². The van der Waals surface area contributed by atoms with Gasteiger partial charge in [0.25, 0.3) is 0 Å². The van der Waals surface area contributed by atoms with Crippen molar-refractivity contribution in [1.29, 1.82) is 0 Å². The summed E-state index contributed by atoms with van der Waals surface area (Å²) in [5.74, 6) is 1.69. The zero-order chi connectivity index (χ0) is 31.8.